The summed E-state index contributed by atoms with van der Waals surface area (Å²) >= 11 is 0. The first kappa shape index (κ1) is 18.6. The highest BCUT2D eigenvalue weighted by molar-refractivity contribution is 5.85. The molecule has 0 aliphatic carbocycles. The van der Waals surface area contributed by atoms with Gasteiger partial charge in [0.1, 0.15) is 18.0 Å². The van der Waals surface area contributed by atoms with Crippen LogP contribution in [0.5, 0.6) is 11.5 Å². The molecule has 1 aromatic heterocycles. The van der Waals surface area contributed by atoms with Crippen molar-refractivity contribution < 1.29 is 19.2 Å². The lowest BCUT2D eigenvalue weighted by atomic mass is 9.99. The predicted molar refractivity (Wildman–Crippen MR) is 109 cm³/mol. The quantitative estimate of drug-likeness (QED) is 0.683. The average Bonchev–Trinajstić information content (AvgIpc) is 2.70. The Hall–Kier alpha value is -2.79. The van der Waals surface area contributed by atoms with Gasteiger partial charge >= 0.3 is 5.63 Å². The Bertz CT molecular complexity index is 1040. The van der Waals surface area contributed by atoms with E-state index in [1.165, 1.54) is 17.7 Å². The number of hydrogen-bond donors (Lipinski definition) is 2. The van der Waals surface area contributed by atoms with Gasteiger partial charge in [0.15, 0.2) is 5.58 Å². The second-order valence-electron chi connectivity index (χ2n) is 7.79. The molecule has 5 heteroatoms. The molecule has 1 aliphatic heterocycles. The Labute approximate surface area is 164 Å². The molecule has 3 aromatic rings. The van der Waals surface area contributed by atoms with Crippen LogP contribution in [0.2, 0.25) is 0 Å². The molecule has 28 heavy (non-hydrogen) atoms. The molecular formula is C23H26NO4+. The Morgan fingerprint density at radius 2 is 2.00 bits per heavy atom. The van der Waals surface area contributed by atoms with E-state index in [1.54, 1.807) is 19.2 Å². The molecule has 2 atom stereocenters. The monoisotopic (exact) mass is 380 g/mol. The molecule has 0 amide bonds. The van der Waals surface area contributed by atoms with Gasteiger partial charge in [-0.3, -0.25) is 0 Å². The standard InChI is InChI=1S/C23H25NO4/c1-15-4-3-11-24(13-15)14-20-21(25)10-7-17-12-19(23(26)28-22(17)20)16-5-8-18(27-2)9-6-16/h5-10,12,15,25H,3-4,11,13-14H2,1-2H3/p+1/t15-/m0/s1. The van der Waals surface area contributed by atoms with Gasteiger partial charge in [-0.2, -0.15) is 0 Å². The highest BCUT2D eigenvalue weighted by atomic mass is 16.5. The van der Waals surface area contributed by atoms with Crippen molar-refractivity contribution >= 4 is 11.0 Å². The van der Waals surface area contributed by atoms with E-state index in [0.29, 0.717) is 23.6 Å². The molecule has 1 saturated heterocycles. The van der Waals surface area contributed by atoms with Gasteiger partial charge in [0.05, 0.1) is 31.3 Å². The fraction of sp³-hybridized carbons (Fsp3) is 0.348. The summed E-state index contributed by atoms with van der Waals surface area (Å²) in [6, 6.07) is 12.7. The molecule has 1 unspecified atom stereocenters. The highest BCUT2D eigenvalue weighted by Crippen LogP contribution is 2.29. The zero-order valence-corrected chi connectivity index (χ0v) is 16.3. The van der Waals surface area contributed by atoms with Crippen LogP contribution >= 0.6 is 0 Å². The lowest BCUT2D eigenvalue weighted by molar-refractivity contribution is -0.922. The second-order valence-corrected chi connectivity index (χ2v) is 7.79. The predicted octanol–water partition coefficient (Wildman–Crippen LogP) is 2.99. The third-order valence-corrected chi connectivity index (χ3v) is 5.67. The average molecular weight is 380 g/mol. The van der Waals surface area contributed by atoms with E-state index in [9.17, 15) is 9.90 Å². The molecule has 0 saturated carbocycles. The van der Waals surface area contributed by atoms with Gasteiger partial charge in [0.25, 0.3) is 0 Å². The molecule has 4 rings (SSSR count). The Kier molecular flexibility index (Phi) is 5.09. The zero-order valence-electron chi connectivity index (χ0n) is 16.3. The maximum absolute atomic E-state index is 12.7. The number of phenolic OH excluding ortho intramolecular Hbond substituents is 1. The highest BCUT2D eigenvalue weighted by Gasteiger charge is 2.23. The summed E-state index contributed by atoms with van der Waals surface area (Å²) in [5.74, 6) is 1.60. The van der Waals surface area contributed by atoms with E-state index in [2.05, 4.69) is 6.92 Å². The van der Waals surface area contributed by atoms with Crippen LogP contribution in [0.3, 0.4) is 0 Å². The zero-order chi connectivity index (χ0) is 19.7. The molecule has 146 valence electrons. The fourth-order valence-corrected chi connectivity index (χ4v) is 4.18. The lowest BCUT2D eigenvalue weighted by Crippen LogP contribution is -3.12. The van der Waals surface area contributed by atoms with Crippen LogP contribution in [-0.4, -0.2) is 25.3 Å². The molecule has 2 aromatic carbocycles. The summed E-state index contributed by atoms with van der Waals surface area (Å²) in [5.41, 5.74) is 2.10. The van der Waals surface area contributed by atoms with Gasteiger partial charge in [0.2, 0.25) is 0 Å². The number of rotatable bonds is 4. The van der Waals surface area contributed by atoms with Crippen molar-refractivity contribution in [3.05, 3.63) is 58.4 Å². The number of ether oxygens (including phenoxy) is 1. The van der Waals surface area contributed by atoms with Crippen LogP contribution in [0.15, 0.2) is 51.7 Å². The maximum atomic E-state index is 12.7. The van der Waals surface area contributed by atoms with Crippen molar-refractivity contribution in [1.82, 2.24) is 0 Å². The normalized spacial score (nSPS) is 19.6. The number of aromatic hydroxyl groups is 1. The third kappa shape index (κ3) is 3.62. The topological polar surface area (TPSA) is 64.1 Å². The van der Waals surface area contributed by atoms with E-state index < -0.39 is 5.63 Å². The molecule has 2 N–H and O–H groups in total. The first-order valence-corrected chi connectivity index (χ1v) is 9.82. The number of nitrogens with one attached hydrogen (secondary N) is 1. The van der Waals surface area contributed by atoms with E-state index in [0.717, 1.165) is 35.4 Å². The van der Waals surface area contributed by atoms with Gasteiger partial charge in [-0.1, -0.05) is 19.1 Å². The smallest absolute Gasteiger partial charge is 0.344 e. The number of hydrogen-bond acceptors (Lipinski definition) is 4. The summed E-state index contributed by atoms with van der Waals surface area (Å²) in [6.45, 7) is 5.08. The van der Waals surface area contributed by atoms with Gasteiger partial charge in [-0.25, -0.2) is 4.79 Å². The minimum atomic E-state index is -0.397. The molecular weight excluding hydrogens is 354 g/mol. The van der Waals surface area contributed by atoms with Crippen molar-refractivity contribution in [3.63, 3.8) is 0 Å². The van der Waals surface area contributed by atoms with Gasteiger partial charge in [-0.15, -0.1) is 0 Å². The van der Waals surface area contributed by atoms with Crippen LogP contribution in [0, 0.1) is 5.92 Å². The first-order valence-electron chi connectivity index (χ1n) is 9.82. The largest absolute Gasteiger partial charge is 0.507 e. The van der Waals surface area contributed by atoms with E-state index in [4.69, 9.17) is 9.15 Å². The number of fused-ring (bicyclic) bond motifs is 1. The SMILES string of the molecule is COc1ccc(-c2cc3ccc(O)c(C[NH+]4CCC[C@H](C)C4)c3oc2=O)cc1. The fourth-order valence-electron chi connectivity index (χ4n) is 4.18. The number of likely N-dealkylation sites (tertiary alicyclic amines) is 1. The van der Waals surface area contributed by atoms with Crippen LogP contribution < -0.4 is 15.3 Å². The van der Waals surface area contributed by atoms with Crippen molar-refractivity contribution in [3.8, 4) is 22.6 Å². The van der Waals surface area contributed by atoms with Crippen molar-refractivity contribution in [2.24, 2.45) is 5.92 Å². The Balaban J connectivity index is 1.74. The Morgan fingerprint density at radius 3 is 2.71 bits per heavy atom. The first-order chi connectivity index (χ1) is 13.5. The molecule has 1 aliphatic rings. The van der Waals surface area contributed by atoms with E-state index >= 15 is 0 Å². The van der Waals surface area contributed by atoms with Crippen molar-refractivity contribution in [1.29, 1.82) is 0 Å². The molecule has 2 heterocycles. The number of phenols is 1. The summed E-state index contributed by atoms with van der Waals surface area (Å²) in [5, 5.41) is 11.3. The minimum Gasteiger partial charge on any atom is -0.507 e. The summed E-state index contributed by atoms with van der Waals surface area (Å²) in [6.07, 6.45) is 2.44. The molecule has 0 spiro atoms. The van der Waals surface area contributed by atoms with E-state index in [1.807, 2.05) is 30.3 Å². The van der Waals surface area contributed by atoms with Gasteiger partial charge in [-0.05, 0) is 48.7 Å². The maximum Gasteiger partial charge on any atom is 0.344 e. The van der Waals surface area contributed by atoms with E-state index in [-0.39, 0.29) is 5.75 Å². The van der Waals surface area contributed by atoms with Crippen LogP contribution in [-0.2, 0) is 6.54 Å². The summed E-state index contributed by atoms with van der Waals surface area (Å²) < 4.78 is 10.9. The van der Waals surface area contributed by atoms with Gasteiger partial charge in [0, 0.05) is 11.3 Å². The molecule has 1 fully saturated rings. The molecule has 5 nitrogen and oxygen atoms in total. The number of quaternary nitrogens is 1. The number of methoxy groups -OCH3 is 1. The molecule has 0 bridgehead atoms. The Morgan fingerprint density at radius 1 is 1.21 bits per heavy atom. The van der Waals surface area contributed by atoms with Crippen molar-refractivity contribution in [2.75, 3.05) is 20.2 Å². The number of benzene rings is 2. The lowest BCUT2D eigenvalue weighted by Gasteiger charge is -2.28. The van der Waals surface area contributed by atoms with Crippen LogP contribution in [0.4, 0.5) is 0 Å². The van der Waals surface area contributed by atoms with Crippen LogP contribution in [0.25, 0.3) is 22.1 Å². The van der Waals surface area contributed by atoms with Gasteiger partial charge < -0.3 is 19.2 Å². The summed E-state index contributed by atoms with van der Waals surface area (Å²) in [4.78, 5) is 14.1. The summed E-state index contributed by atoms with van der Waals surface area (Å²) in [7, 11) is 1.61. The van der Waals surface area contributed by atoms with Crippen molar-refractivity contribution in [2.45, 2.75) is 26.3 Å². The third-order valence-electron chi connectivity index (χ3n) is 5.67. The number of piperidine rings is 1. The van der Waals surface area contributed by atoms with Crippen LogP contribution in [0.1, 0.15) is 25.3 Å². The minimum absolute atomic E-state index is 0.193. The second kappa shape index (κ2) is 7.68. The molecule has 0 radical (unpaired) electrons.